The molecule has 0 unspecified atom stereocenters. The standard InChI is InChI=1S/C17H28N2.2ClH/c1-13-6-7-15(14(2)12-13)16(17(3,4)5)19-10-8-18-9-11-19;;/h6-7,12,16,18H,8-11H2,1-5H3;2*1H/t16-;;/m1../s1. The van der Waals surface area contributed by atoms with E-state index in [-0.39, 0.29) is 30.2 Å². The average molecular weight is 333 g/mol. The van der Waals surface area contributed by atoms with Crippen molar-refractivity contribution in [2.75, 3.05) is 26.2 Å². The normalized spacial score (nSPS) is 17.6. The fourth-order valence-corrected chi connectivity index (χ4v) is 3.28. The van der Waals surface area contributed by atoms with E-state index in [9.17, 15) is 0 Å². The summed E-state index contributed by atoms with van der Waals surface area (Å²) in [7, 11) is 0. The van der Waals surface area contributed by atoms with Crippen molar-refractivity contribution < 1.29 is 0 Å². The number of piperazine rings is 1. The van der Waals surface area contributed by atoms with Crippen LogP contribution in [0.2, 0.25) is 0 Å². The molecule has 1 atom stereocenters. The highest BCUT2D eigenvalue weighted by Crippen LogP contribution is 2.39. The van der Waals surface area contributed by atoms with E-state index in [0.29, 0.717) is 6.04 Å². The van der Waals surface area contributed by atoms with E-state index in [0.717, 1.165) is 26.2 Å². The first-order chi connectivity index (χ1) is 8.89. The maximum atomic E-state index is 3.45. The lowest BCUT2D eigenvalue weighted by atomic mass is 9.79. The Morgan fingerprint density at radius 2 is 1.62 bits per heavy atom. The second-order valence-corrected chi connectivity index (χ2v) is 6.91. The van der Waals surface area contributed by atoms with Gasteiger partial charge < -0.3 is 5.32 Å². The Labute approximate surface area is 142 Å². The van der Waals surface area contributed by atoms with Crippen molar-refractivity contribution in [3.05, 3.63) is 34.9 Å². The van der Waals surface area contributed by atoms with Crippen molar-refractivity contribution in [1.82, 2.24) is 10.2 Å². The van der Waals surface area contributed by atoms with Gasteiger partial charge >= 0.3 is 0 Å². The molecule has 21 heavy (non-hydrogen) atoms. The largest absolute Gasteiger partial charge is 0.314 e. The van der Waals surface area contributed by atoms with Gasteiger partial charge in [0.25, 0.3) is 0 Å². The van der Waals surface area contributed by atoms with Crippen LogP contribution in [0.15, 0.2) is 18.2 Å². The van der Waals surface area contributed by atoms with Gasteiger partial charge in [-0.1, -0.05) is 44.5 Å². The summed E-state index contributed by atoms with van der Waals surface area (Å²) in [5.41, 5.74) is 4.55. The molecule has 0 saturated carbocycles. The zero-order valence-electron chi connectivity index (χ0n) is 13.9. The fourth-order valence-electron chi connectivity index (χ4n) is 3.28. The van der Waals surface area contributed by atoms with Crippen molar-refractivity contribution in [3.63, 3.8) is 0 Å². The van der Waals surface area contributed by atoms with Crippen LogP contribution in [0.5, 0.6) is 0 Å². The van der Waals surface area contributed by atoms with Gasteiger partial charge in [-0.25, -0.2) is 0 Å². The molecule has 1 aliphatic heterocycles. The number of nitrogens with zero attached hydrogens (tertiary/aromatic N) is 1. The minimum Gasteiger partial charge on any atom is -0.314 e. The number of hydrogen-bond donors (Lipinski definition) is 1. The van der Waals surface area contributed by atoms with Gasteiger partial charge in [-0.15, -0.1) is 24.8 Å². The first-order valence-electron chi connectivity index (χ1n) is 7.41. The predicted molar refractivity (Wildman–Crippen MR) is 97.1 cm³/mol. The molecule has 4 heteroatoms. The molecule has 0 aromatic heterocycles. The summed E-state index contributed by atoms with van der Waals surface area (Å²) in [4.78, 5) is 2.65. The SMILES string of the molecule is Cc1ccc([C@@H](N2CCNCC2)C(C)(C)C)c(C)c1.Cl.Cl. The zero-order valence-corrected chi connectivity index (χ0v) is 15.5. The highest BCUT2D eigenvalue weighted by Gasteiger charge is 2.33. The third-order valence-corrected chi connectivity index (χ3v) is 4.06. The summed E-state index contributed by atoms with van der Waals surface area (Å²) in [5.74, 6) is 0. The summed E-state index contributed by atoms with van der Waals surface area (Å²) in [6.45, 7) is 16.0. The third-order valence-electron chi connectivity index (χ3n) is 4.06. The van der Waals surface area contributed by atoms with Crippen molar-refractivity contribution in [2.45, 2.75) is 40.7 Å². The van der Waals surface area contributed by atoms with Crippen LogP contribution in [0, 0.1) is 19.3 Å². The summed E-state index contributed by atoms with van der Waals surface area (Å²) in [6, 6.07) is 7.41. The fraction of sp³-hybridized carbons (Fsp3) is 0.647. The number of halogens is 2. The Kier molecular flexibility index (Phi) is 8.27. The zero-order chi connectivity index (χ0) is 14.0. The summed E-state index contributed by atoms with van der Waals surface area (Å²) < 4.78 is 0. The van der Waals surface area contributed by atoms with Crippen LogP contribution < -0.4 is 5.32 Å². The van der Waals surface area contributed by atoms with E-state index in [1.54, 1.807) is 0 Å². The molecule has 1 aromatic carbocycles. The van der Waals surface area contributed by atoms with Crippen molar-refractivity contribution in [3.8, 4) is 0 Å². The predicted octanol–water partition coefficient (Wildman–Crippen LogP) is 4.14. The quantitative estimate of drug-likeness (QED) is 0.875. The number of aryl methyl sites for hydroxylation is 2. The second-order valence-electron chi connectivity index (χ2n) is 6.91. The lowest BCUT2D eigenvalue weighted by Gasteiger charge is -2.43. The van der Waals surface area contributed by atoms with E-state index < -0.39 is 0 Å². The molecule has 1 fully saturated rings. The molecule has 0 aliphatic carbocycles. The smallest absolute Gasteiger partial charge is 0.0400 e. The van der Waals surface area contributed by atoms with E-state index >= 15 is 0 Å². The van der Waals surface area contributed by atoms with Crippen LogP contribution in [-0.2, 0) is 0 Å². The van der Waals surface area contributed by atoms with Crippen molar-refractivity contribution >= 4 is 24.8 Å². The lowest BCUT2D eigenvalue weighted by Crippen LogP contribution is -2.48. The molecule has 1 aromatic rings. The Morgan fingerprint density at radius 1 is 1.05 bits per heavy atom. The second kappa shape index (κ2) is 8.38. The first-order valence-corrected chi connectivity index (χ1v) is 7.41. The Bertz CT molecular complexity index is 435. The number of hydrogen-bond acceptors (Lipinski definition) is 2. The maximum absolute atomic E-state index is 3.45. The molecule has 2 nitrogen and oxygen atoms in total. The van der Waals surface area contributed by atoms with Crippen LogP contribution in [0.3, 0.4) is 0 Å². The van der Waals surface area contributed by atoms with Gasteiger partial charge in [0.05, 0.1) is 0 Å². The molecular weight excluding hydrogens is 303 g/mol. The molecule has 2 rings (SSSR count). The molecule has 0 spiro atoms. The molecule has 0 radical (unpaired) electrons. The third kappa shape index (κ3) is 5.14. The highest BCUT2D eigenvalue weighted by molar-refractivity contribution is 5.85. The topological polar surface area (TPSA) is 15.3 Å². The van der Waals surface area contributed by atoms with E-state index in [4.69, 9.17) is 0 Å². The number of nitrogens with one attached hydrogen (secondary N) is 1. The van der Waals surface area contributed by atoms with Crippen LogP contribution in [0.25, 0.3) is 0 Å². The van der Waals surface area contributed by atoms with Crippen LogP contribution in [0.4, 0.5) is 0 Å². The van der Waals surface area contributed by atoms with Crippen LogP contribution >= 0.6 is 24.8 Å². The Hall–Kier alpha value is -0.280. The summed E-state index contributed by atoms with van der Waals surface area (Å²) in [5, 5.41) is 3.45. The number of rotatable bonds is 2. The molecule has 0 amide bonds. The first kappa shape index (κ1) is 20.7. The van der Waals surface area contributed by atoms with Crippen molar-refractivity contribution in [2.24, 2.45) is 5.41 Å². The molecule has 122 valence electrons. The summed E-state index contributed by atoms with van der Waals surface area (Å²) in [6.07, 6.45) is 0. The Morgan fingerprint density at radius 3 is 2.10 bits per heavy atom. The average Bonchev–Trinajstić information content (AvgIpc) is 2.32. The van der Waals surface area contributed by atoms with E-state index in [1.807, 2.05) is 0 Å². The minimum absolute atomic E-state index is 0. The Balaban J connectivity index is 0.00000200. The van der Waals surface area contributed by atoms with Gasteiger partial charge in [0.1, 0.15) is 0 Å². The highest BCUT2D eigenvalue weighted by atomic mass is 35.5. The van der Waals surface area contributed by atoms with E-state index in [1.165, 1.54) is 16.7 Å². The molecule has 1 N–H and O–H groups in total. The van der Waals surface area contributed by atoms with Gasteiger partial charge in [-0.2, -0.15) is 0 Å². The molecule has 1 saturated heterocycles. The monoisotopic (exact) mass is 332 g/mol. The van der Waals surface area contributed by atoms with Gasteiger partial charge in [-0.3, -0.25) is 4.90 Å². The lowest BCUT2D eigenvalue weighted by molar-refractivity contribution is 0.0857. The van der Waals surface area contributed by atoms with Crippen LogP contribution in [-0.4, -0.2) is 31.1 Å². The van der Waals surface area contributed by atoms with Crippen molar-refractivity contribution in [1.29, 1.82) is 0 Å². The minimum atomic E-state index is 0. The van der Waals surface area contributed by atoms with Gasteiger partial charge in [0, 0.05) is 32.2 Å². The molecule has 0 bridgehead atoms. The molecular formula is C17H30Cl2N2. The summed E-state index contributed by atoms with van der Waals surface area (Å²) >= 11 is 0. The number of benzene rings is 1. The molecule has 1 heterocycles. The molecule has 1 aliphatic rings. The van der Waals surface area contributed by atoms with Gasteiger partial charge in [-0.05, 0) is 30.4 Å². The van der Waals surface area contributed by atoms with Gasteiger partial charge in [0.2, 0.25) is 0 Å². The van der Waals surface area contributed by atoms with Crippen LogP contribution in [0.1, 0.15) is 43.5 Å². The van der Waals surface area contributed by atoms with E-state index in [2.05, 4.69) is 63.0 Å². The maximum Gasteiger partial charge on any atom is 0.0400 e. The van der Waals surface area contributed by atoms with Gasteiger partial charge in [0.15, 0.2) is 0 Å².